The maximum atomic E-state index is 12.0. The van der Waals surface area contributed by atoms with Gasteiger partial charge in [0.2, 0.25) is 0 Å². The van der Waals surface area contributed by atoms with Crippen molar-refractivity contribution in [3.05, 3.63) is 48.2 Å². The second-order valence-electron chi connectivity index (χ2n) is 3.74. The van der Waals surface area contributed by atoms with E-state index in [4.69, 9.17) is 5.11 Å². The number of hydrogen-bond acceptors (Lipinski definition) is 3. The zero-order valence-electron chi connectivity index (χ0n) is 9.69. The van der Waals surface area contributed by atoms with Crippen molar-refractivity contribution in [1.29, 1.82) is 0 Å². The molecule has 100 valence electrons. The van der Waals surface area contributed by atoms with Gasteiger partial charge in [-0.05, 0) is 36.4 Å². The van der Waals surface area contributed by atoms with Crippen LogP contribution in [0.2, 0.25) is 0 Å². The van der Waals surface area contributed by atoms with Crippen LogP contribution in [0.25, 0.3) is 11.3 Å². The largest absolute Gasteiger partial charge is 0.573 e. The molecule has 3 nitrogen and oxygen atoms in total. The highest BCUT2D eigenvalue weighted by atomic mass is 19.4. The standard InChI is InChI=1S/C13H10F3NO2/c14-13(15,16)19-11-6-4-9(5-7-11)12-3-1-2-10(8-18)17-12/h1-7,18H,8H2. The van der Waals surface area contributed by atoms with Gasteiger partial charge in [0.15, 0.2) is 0 Å². The third kappa shape index (κ3) is 3.69. The summed E-state index contributed by atoms with van der Waals surface area (Å²) < 4.78 is 39.8. The number of ether oxygens (including phenoxy) is 1. The van der Waals surface area contributed by atoms with Crippen molar-refractivity contribution in [3.8, 4) is 17.0 Å². The fraction of sp³-hybridized carbons (Fsp3) is 0.154. The number of nitrogens with zero attached hydrogens (tertiary/aromatic N) is 1. The van der Waals surface area contributed by atoms with Gasteiger partial charge in [-0.2, -0.15) is 0 Å². The van der Waals surface area contributed by atoms with Crippen LogP contribution in [0.5, 0.6) is 5.75 Å². The summed E-state index contributed by atoms with van der Waals surface area (Å²) in [4.78, 5) is 4.15. The SMILES string of the molecule is OCc1cccc(-c2ccc(OC(F)(F)F)cc2)n1. The minimum atomic E-state index is -4.70. The van der Waals surface area contributed by atoms with E-state index < -0.39 is 6.36 Å². The number of aliphatic hydroxyl groups is 1. The first-order chi connectivity index (χ1) is 8.98. The van der Waals surface area contributed by atoms with Crippen LogP contribution in [0.15, 0.2) is 42.5 Å². The number of aromatic nitrogens is 1. The first kappa shape index (κ1) is 13.4. The summed E-state index contributed by atoms with van der Waals surface area (Å²) in [5.74, 6) is -0.283. The molecule has 0 aliphatic carbocycles. The van der Waals surface area contributed by atoms with Crippen LogP contribution in [0, 0.1) is 0 Å². The first-order valence-electron chi connectivity index (χ1n) is 5.41. The number of alkyl halides is 3. The molecule has 0 saturated heterocycles. The Balaban J connectivity index is 2.22. The molecule has 19 heavy (non-hydrogen) atoms. The molecule has 0 radical (unpaired) electrons. The van der Waals surface area contributed by atoms with E-state index in [9.17, 15) is 13.2 Å². The first-order valence-corrected chi connectivity index (χ1v) is 5.41. The van der Waals surface area contributed by atoms with Crippen LogP contribution in [0.4, 0.5) is 13.2 Å². The van der Waals surface area contributed by atoms with Gasteiger partial charge in [0.1, 0.15) is 5.75 Å². The van der Waals surface area contributed by atoms with Crippen LogP contribution < -0.4 is 4.74 Å². The third-order valence-corrected chi connectivity index (χ3v) is 2.35. The Hall–Kier alpha value is -2.08. The molecule has 2 rings (SSSR count). The lowest BCUT2D eigenvalue weighted by Crippen LogP contribution is -2.16. The Morgan fingerprint density at radius 2 is 1.74 bits per heavy atom. The molecule has 1 aromatic carbocycles. The quantitative estimate of drug-likeness (QED) is 0.930. The van der Waals surface area contributed by atoms with Gasteiger partial charge in [-0.25, -0.2) is 0 Å². The molecule has 1 N–H and O–H groups in total. The normalized spacial score (nSPS) is 11.4. The zero-order valence-corrected chi connectivity index (χ0v) is 9.69. The summed E-state index contributed by atoms with van der Waals surface area (Å²) in [6.45, 7) is -0.191. The molecule has 1 aromatic heterocycles. The maximum absolute atomic E-state index is 12.0. The second kappa shape index (κ2) is 5.27. The molecule has 0 spiro atoms. The molecular weight excluding hydrogens is 259 g/mol. The summed E-state index contributed by atoms with van der Waals surface area (Å²) in [6.07, 6.45) is -4.70. The molecule has 0 fully saturated rings. The summed E-state index contributed by atoms with van der Waals surface area (Å²) >= 11 is 0. The van der Waals surface area contributed by atoms with E-state index in [0.29, 0.717) is 17.0 Å². The predicted octanol–water partition coefficient (Wildman–Crippen LogP) is 3.14. The van der Waals surface area contributed by atoms with Gasteiger partial charge in [0.25, 0.3) is 0 Å². The minimum Gasteiger partial charge on any atom is -0.406 e. The highest BCUT2D eigenvalue weighted by Gasteiger charge is 2.30. The lowest BCUT2D eigenvalue weighted by molar-refractivity contribution is -0.274. The van der Waals surface area contributed by atoms with Crippen LogP contribution in [-0.2, 0) is 6.61 Å². The number of benzene rings is 1. The number of hydrogen-bond donors (Lipinski definition) is 1. The van der Waals surface area contributed by atoms with Crippen molar-refractivity contribution in [2.24, 2.45) is 0 Å². The molecule has 1 heterocycles. The van der Waals surface area contributed by atoms with Crippen LogP contribution in [-0.4, -0.2) is 16.5 Å². The molecule has 0 unspecified atom stereocenters. The zero-order chi connectivity index (χ0) is 13.9. The summed E-state index contributed by atoms with van der Waals surface area (Å²) in [6, 6.07) is 10.5. The predicted molar refractivity (Wildman–Crippen MR) is 62.3 cm³/mol. The number of pyridine rings is 1. The van der Waals surface area contributed by atoms with E-state index in [2.05, 4.69) is 9.72 Å². The molecule has 0 atom stereocenters. The van der Waals surface area contributed by atoms with Crippen molar-refractivity contribution >= 4 is 0 Å². The highest BCUT2D eigenvalue weighted by molar-refractivity contribution is 5.60. The monoisotopic (exact) mass is 269 g/mol. The summed E-state index contributed by atoms with van der Waals surface area (Å²) in [7, 11) is 0. The van der Waals surface area contributed by atoms with Gasteiger partial charge in [-0.1, -0.05) is 6.07 Å². The van der Waals surface area contributed by atoms with Crippen molar-refractivity contribution in [1.82, 2.24) is 4.98 Å². The Bertz CT molecular complexity index is 553. The van der Waals surface area contributed by atoms with Gasteiger partial charge in [-0.15, -0.1) is 13.2 Å². The fourth-order valence-corrected chi connectivity index (χ4v) is 1.56. The van der Waals surface area contributed by atoms with E-state index in [1.54, 1.807) is 18.2 Å². The van der Waals surface area contributed by atoms with E-state index in [0.717, 1.165) is 0 Å². The van der Waals surface area contributed by atoms with Gasteiger partial charge < -0.3 is 9.84 Å². The van der Waals surface area contributed by atoms with Gasteiger partial charge >= 0.3 is 6.36 Å². The Morgan fingerprint density at radius 3 is 2.32 bits per heavy atom. The van der Waals surface area contributed by atoms with E-state index in [1.165, 1.54) is 24.3 Å². The molecule has 0 aliphatic heterocycles. The van der Waals surface area contributed by atoms with Gasteiger partial charge in [0.05, 0.1) is 18.0 Å². The molecule has 0 amide bonds. The molecule has 6 heteroatoms. The molecular formula is C13H10F3NO2. The molecule has 0 aliphatic rings. The van der Waals surface area contributed by atoms with E-state index in [-0.39, 0.29) is 12.4 Å². The van der Waals surface area contributed by atoms with Gasteiger partial charge in [-0.3, -0.25) is 4.98 Å². The lowest BCUT2D eigenvalue weighted by atomic mass is 10.1. The molecule has 0 saturated carbocycles. The number of halogens is 3. The maximum Gasteiger partial charge on any atom is 0.573 e. The number of rotatable bonds is 3. The average Bonchev–Trinajstić information content (AvgIpc) is 2.38. The Labute approximate surface area is 107 Å². The van der Waals surface area contributed by atoms with E-state index >= 15 is 0 Å². The van der Waals surface area contributed by atoms with Crippen molar-refractivity contribution in [3.63, 3.8) is 0 Å². The summed E-state index contributed by atoms with van der Waals surface area (Å²) in [5, 5.41) is 8.97. The average molecular weight is 269 g/mol. The van der Waals surface area contributed by atoms with Crippen LogP contribution in [0.3, 0.4) is 0 Å². The topological polar surface area (TPSA) is 42.4 Å². The van der Waals surface area contributed by atoms with Crippen molar-refractivity contribution in [2.75, 3.05) is 0 Å². The minimum absolute atomic E-state index is 0.191. The lowest BCUT2D eigenvalue weighted by Gasteiger charge is -2.09. The highest BCUT2D eigenvalue weighted by Crippen LogP contribution is 2.25. The van der Waals surface area contributed by atoms with Crippen LogP contribution >= 0.6 is 0 Å². The fourth-order valence-electron chi connectivity index (χ4n) is 1.56. The smallest absolute Gasteiger partial charge is 0.406 e. The summed E-state index contributed by atoms with van der Waals surface area (Å²) in [5.41, 5.74) is 1.71. The van der Waals surface area contributed by atoms with Crippen molar-refractivity contribution in [2.45, 2.75) is 13.0 Å². The Morgan fingerprint density at radius 1 is 1.05 bits per heavy atom. The number of aliphatic hydroxyl groups excluding tert-OH is 1. The van der Waals surface area contributed by atoms with E-state index in [1.807, 2.05) is 0 Å². The second-order valence-corrected chi connectivity index (χ2v) is 3.74. The molecule has 0 bridgehead atoms. The van der Waals surface area contributed by atoms with Gasteiger partial charge in [0, 0.05) is 5.56 Å². The Kier molecular flexibility index (Phi) is 3.71. The van der Waals surface area contributed by atoms with Crippen LogP contribution in [0.1, 0.15) is 5.69 Å². The third-order valence-electron chi connectivity index (χ3n) is 2.35. The molecule has 2 aromatic rings. The van der Waals surface area contributed by atoms with Crippen molar-refractivity contribution < 1.29 is 23.0 Å².